The summed E-state index contributed by atoms with van der Waals surface area (Å²) in [6.07, 6.45) is 8.31. The van der Waals surface area contributed by atoms with Crippen LogP contribution in [0.25, 0.3) is 10.6 Å². The highest BCUT2D eigenvalue weighted by atomic mass is 32.1. The quantitative estimate of drug-likeness (QED) is 0.476. The molecule has 0 bridgehead atoms. The zero-order chi connectivity index (χ0) is 20.1. The van der Waals surface area contributed by atoms with Crippen LogP contribution >= 0.6 is 11.3 Å². The molecule has 0 spiro atoms. The van der Waals surface area contributed by atoms with Crippen molar-refractivity contribution in [2.45, 2.75) is 25.8 Å². The van der Waals surface area contributed by atoms with Crippen molar-refractivity contribution in [3.05, 3.63) is 82.9 Å². The first-order valence-corrected chi connectivity index (χ1v) is 10.2. The van der Waals surface area contributed by atoms with Gasteiger partial charge in [0.1, 0.15) is 0 Å². The van der Waals surface area contributed by atoms with Gasteiger partial charge in [-0.25, -0.2) is 5.84 Å². The van der Waals surface area contributed by atoms with Gasteiger partial charge < -0.3 is 14.8 Å². The Balaban J connectivity index is 1.54. The van der Waals surface area contributed by atoms with E-state index in [-0.39, 0.29) is 11.6 Å². The highest BCUT2D eigenvalue weighted by molar-refractivity contribution is 7.13. The number of carbonyl (C=O) groups is 1. The number of carbonyl (C=O) groups excluding carboxylic acids is 1. The highest BCUT2D eigenvalue weighted by Crippen LogP contribution is 2.24. The first-order valence-electron chi connectivity index (χ1n) is 9.33. The van der Waals surface area contributed by atoms with Crippen LogP contribution in [0.5, 0.6) is 0 Å². The second-order valence-corrected chi connectivity index (χ2v) is 7.55. The Kier molecular flexibility index (Phi) is 5.83. The lowest BCUT2D eigenvalue weighted by Gasteiger charge is -2.24. The number of amides is 1. The summed E-state index contributed by atoms with van der Waals surface area (Å²) >= 11 is 1.42. The van der Waals surface area contributed by atoms with Gasteiger partial charge in [-0.2, -0.15) is 0 Å². The third-order valence-electron chi connectivity index (χ3n) is 4.59. The zero-order valence-electron chi connectivity index (χ0n) is 15.7. The van der Waals surface area contributed by atoms with E-state index in [9.17, 15) is 4.79 Å². The summed E-state index contributed by atoms with van der Waals surface area (Å²) in [5, 5.41) is 8.55. The molecule has 3 N–H and O–H groups in total. The molecule has 4 rings (SSSR count). The van der Waals surface area contributed by atoms with Crippen molar-refractivity contribution >= 4 is 17.2 Å². The minimum atomic E-state index is -0.336. The Morgan fingerprint density at radius 1 is 1.31 bits per heavy atom. The Morgan fingerprint density at radius 3 is 2.97 bits per heavy atom. The molecule has 148 valence electrons. The number of hydrogen-bond acceptors (Lipinski definition) is 7. The fourth-order valence-corrected chi connectivity index (χ4v) is 3.70. The van der Waals surface area contributed by atoms with Crippen LogP contribution in [0.15, 0.2) is 76.2 Å². The predicted molar refractivity (Wildman–Crippen MR) is 111 cm³/mol. The lowest BCUT2D eigenvalue weighted by molar-refractivity contribution is 0.0956. The minimum Gasteiger partial charge on any atom is -0.355 e. The van der Waals surface area contributed by atoms with E-state index in [2.05, 4.69) is 15.5 Å². The van der Waals surface area contributed by atoms with E-state index in [4.69, 9.17) is 10.4 Å². The van der Waals surface area contributed by atoms with Crippen molar-refractivity contribution in [3.8, 4) is 10.6 Å². The molecular weight excluding hydrogens is 386 g/mol. The summed E-state index contributed by atoms with van der Waals surface area (Å²) in [4.78, 5) is 17.6. The lowest BCUT2D eigenvalue weighted by Crippen LogP contribution is -2.34. The van der Waals surface area contributed by atoms with Crippen LogP contribution in [-0.2, 0) is 6.54 Å². The highest BCUT2D eigenvalue weighted by Gasteiger charge is 2.19. The molecule has 1 aromatic carbocycles. The number of hydrogen-bond donors (Lipinski definition) is 2. The smallest absolute Gasteiger partial charge is 0.277 e. The van der Waals surface area contributed by atoms with Gasteiger partial charge in [0.2, 0.25) is 0 Å². The summed E-state index contributed by atoms with van der Waals surface area (Å²) in [5.41, 5.74) is 4.60. The molecule has 0 fully saturated rings. The SMILES string of the molecule is NN(Cc1ccccc1)C1=C(NC(=O)c2cc(-c3cncs3)on2)C=CCCC1. The van der Waals surface area contributed by atoms with E-state index in [1.54, 1.807) is 22.8 Å². The molecule has 0 aliphatic heterocycles. The van der Waals surface area contributed by atoms with Gasteiger partial charge in [0, 0.05) is 12.3 Å². The Bertz CT molecular complexity index is 1020. The molecule has 1 aliphatic carbocycles. The average Bonchev–Trinajstić information content (AvgIpc) is 3.38. The summed E-state index contributed by atoms with van der Waals surface area (Å²) in [6.45, 7) is 0.558. The van der Waals surface area contributed by atoms with Crippen molar-refractivity contribution in [3.63, 3.8) is 0 Å². The van der Waals surface area contributed by atoms with Gasteiger partial charge in [-0.1, -0.05) is 41.6 Å². The molecule has 8 heteroatoms. The summed E-state index contributed by atoms with van der Waals surface area (Å²) in [6, 6.07) is 11.6. The Labute approximate surface area is 172 Å². The van der Waals surface area contributed by atoms with E-state index in [1.807, 2.05) is 42.5 Å². The molecule has 29 heavy (non-hydrogen) atoms. The van der Waals surface area contributed by atoms with E-state index in [1.165, 1.54) is 11.3 Å². The van der Waals surface area contributed by atoms with Crippen LogP contribution < -0.4 is 11.2 Å². The van der Waals surface area contributed by atoms with Gasteiger partial charge in [0.15, 0.2) is 11.5 Å². The number of rotatable bonds is 6. The number of aromatic nitrogens is 2. The molecule has 0 atom stereocenters. The molecule has 7 nitrogen and oxygen atoms in total. The third-order valence-corrected chi connectivity index (χ3v) is 5.38. The maximum Gasteiger partial charge on any atom is 0.277 e. The third kappa shape index (κ3) is 4.61. The number of hydrazine groups is 1. The van der Waals surface area contributed by atoms with Gasteiger partial charge in [0.05, 0.1) is 28.3 Å². The summed E-state index contributed by atoms with van der Waals surface area (Å²) < 4.78 is 5.29. The topological polar surface area (TPSA) is 97.3 Å². The maximum absolute atomic E-state index is 12.8. The number of benzene rings is 1. The van der Waals surface area contributed by atoms with Crippen LogP contribution in [0.1, 0.15) is 35.3 Å². The Hall–Kier alpha value is -3.23. The van der Waals surface area contributed by atoms with Crippen LogP contribution in [0.2, 0.25) is 0 Å². The van der Waals surface area contributed by atoms with Crippen molar-refractivity contribution in [2.24, 2.45) is 5.84 Å². The number of nitrogens with one attached hydrogen (secondary N) is 1. The van der Waals surface area contributed by atoms with Crippen molar-refractivity contribution < 1.29 is 9.32 Å². The van der Waals surface area contributed by atoms with E-state index in [0.717, 1.165) is 35.4 Å². The second-order valence-electron chi connectivity index (χ2n) is 6.66. The summed E-state index contributed by atoms with van der Waals surface area (Å²) in [7, 11) is 0. The first-order chi connectivity index (χ1) is 14.2. The van der Waals surface area contributed by atoms with Crippen molar-refractivity contribution in [1.82, 2.24) is 20.5 Å². The van der Waals surface area contributed by atoms with E-state index >= 15 is 0 Å². The maximum atomic E-state index is 12.8. The fraction of sp³-hybridized carbons (Fsp3) is 0.190. The lowest BCUT2D eigenvalue weighted by atomic mass is 10.1. The van der Waals surface area contributed by atoms with Crippen LogP contribution in [0.3, 0.4) is 0 Å². The number of nitrogens with zero attached hydrogens (tertiary/aromatic N) is 3. The molecule has 0 radical (unpaired) electrons. The molecule has 0 saturated heterocycles. The minimum absolute atomic E-state index is 0.213. The molecule has 2 heterocycles. The monoisotopic (exact) mass is 407 g/mol. The number of nitrogens with two attached hydrogens (primary N) is 1. The molecule has 2 aromatic heterocycles. The van der Waals surface area contributed by atoms with Crippen molar-refractivity contribution in [2.75, 3.05) is 0 Å². The van der Waals surface area contributed by atoms with Gasteiger partial charge >= 0.3 is 0 Å². The van der Waals surface area contributed by atoms with E-state index in [0.29, 0.717) is 18.0 Å². The summed E-state index contributed by atoms with van der Waals surface area (Å²) in [5.74, 6) is 6.56. The number of allylic oxidation sites excluding steroid dienone is 3. The molecule has 0 unspecified atom stereocenters. The fourth-order valence-electron chi connectivity index (χ4n) is 3.13. The van der Waals surface area contributed by atoms with Gasteiger partial charge in [0.25, 0.3) is 5.91 Å². The van der Waals surface area contributed by atoms with Crippen LogP contribution in [0, 0.1) is 0 Å². The van der Waals surface area contributed by atoms with Crippen LogP contribution in [0.4, 0.5) is 0 Å². The second kappa shape index (κ2) is 8.85. The predicted octanol–water partition coefficient (Wildman–Crippen LogP) is 3.86. The van der Waals surface area contributed by atoms with Gasteiger partial charge in [-0.3, -0.25) is 9.78 Å². The number of thiazole rings is 1. The Morgan fingerprint density at radius 2 is 2.17 bits per heavy atom. The first kappa shape index (κ1) is 19.1. The molecule has 1 aliphatic rings. The van der Waals surface area contributed by atoms with E-state index < -0.39 is 0 Å². The normalized spacial score (nSPS) is 14.0. The van der Waals surface area contributed by atoms with Crippen LogP contribution in [-0.4, -0.2) is 21.1 Å². The molecule has 1 amide bonds. The van der Waals surface area contributed by atoms with Gasteiger partial charge in [-0.15, -0.1) is 11.3 Å². The van der Waals surface area contributed by atoms with Crippen molar-refractivity contribution in [1.29, 1.82) is 0 Å². The molecule has 0 saturated carbocycles. The standard InChI is InChI=1S/C21H21N5O2S/c22-26(13-15-7-3-1-4-8-15)18-10-6-2-5-9-16(18)24-21(27)17-11-19(28-25-17)20-12-23-14-29-20/h1,3-5,7-9,11-12,14H,2,6,10,13,22H2,(H,24,27). The average molecular weight is 407 g/mol. The largest absolute Gasteiger partial charge is 0.355 e. The molecular formula is C21H21N5O2S. The zero-order valence-corrected chi connectivity index (χ0v) is 16.6. The molecule has 3 aromatic rings. The van der Waals surface area contributed by atoms with Gasteiger partial charge in [-0.05, 0) is 30.9 Å².